The number of rotatable bonds is 4. The number of halogens is 1. The summed E-state index contributed by atoms with van der Waals surface area (Å²) in [6.45, 7) is 5.97. The van der Waals surface area contributed by atoms with E-state index in [2.05, 4.69) is 28.0 Å². The maximum absolute atomic E-state index is 12.7. The van der Waals surface area contributed by atoms with Crippen molar-refractivity contribution in [3.05, 3.63) is 64.7 Å². The second-order valence-corrected chi connectivity index (χ2v) is 7.47. The summed E-state index contributed by atoms with van der Waals surface area (Å²) in [7, 11) is 0. The Hall–Kier alpha value is -1.88. The molecule has 136 valence electrons. The molecule has 2 aliphatic heterocycles. The van der Waals surface area contributed by atoms with Crippen LogP contribution in [0, 0.1) is 0 Å². The summed E-state index contributed by atoms with van der Waals surface area (Å²) in [4.78, 5) is 19.4. The summed E-state index contributed by atoms with van der Waals surface area (Å²) in [5.74, 6) is 0.217. The van der Waals surface area contributed by atoms with E-state index in [4.69, 9.17) is 11.6 Å². The molecule has 0 aliphatic carbocycles. The van der Waals surface area contributed by atoms with Crippen molar-refractivity contribution in [2.75, 3.05) is 44.2 Å². The quantitative estimate of drug-likeness (QED) is 0.828. The van der Waals surface area contributed by atoms with Crippen molar-refractivity contribution in [2.45, 2.75) is 13.0 Å². The van der Waals surface area contributed by atoms with Crippen LogP contribution in [-0.4, -0.2) is 55.0 Å². The molecule has 2 aromatic rings. The molecule has 2 heterocycles. The van der Waals surface area contributed by atoms with Gasteiger partial charge in [-0.2, -0.15) is 0 Å². The smallest absolute Gasteiger partial charge is 0.241 e. The van der Waals surface area contributed by atoms with Crippen LogP contribution in [0.25, 0.3) is 0 Å². The molecule has 0 N–H and O–H groups in total. The zero-order chi connectivity index (χ0) is 17.9. The largest absolute Gasteiger partial charge is 0.311 e. The van der Waals surface area contributed by atoms with Crippen LogP contribution in [0.2, 0.25) is 5.02 Å². The van der Waals surface area contributed by atoms with Crippen LogP contribution in [0.3, 0.4) is 0 Å². The van der Waals surface area contributed by atoms with E-state index in [1.807, 2.05) is 35.2 Å². The Morgan fingerprint density at radius 1 is 0.885 bits per heavy atom. The van der Waals surface area contributed by atoms with Gasteiger partial charge < -0.3 is 4.90 Å². The maximum atomic E-state index is 12.7. The number of nitrogens with zero attached hydrogens (tertiary/aromatic N) is 3. The highest BCUT2D eigenvalue weighted by atomic mass is 35.5. The molecule has 1 saturated heterocycles. The van der Waals surface area contributed by atoms with Crippen molar-refractivity contribution in [1.29, 1.82) is 0 Å². The highest BCUT2D eigenvalue weighted by Crippen LogP contribution is 2.27. The van der Waals surface area contributed by atoms with Crippen LogP contribution < -0.4 is 4.90 Å². The summed E-state index contributed by atoms with van der Waals surface area (Å²) >= 11 is 6.27. The zero-order valence-corrected chi connectivity index (χ0v) is 15.7. The van der Waals surface area contributed by atoms with E-state index in [0.717, 1.165) is 56.4 Å². The minimum Gasteiger partial charge on any atom is -0.311 e. The minimum absolute atomic E-state index is 0.217. The fourth-order valence-electron chi connectivity index (χ4n) is 3.85. The second-order valence-electron chi connectivity index (χ2n) is 7.07. The first-order chi connectivity index (χ1) is 12.7. The molecule has 4 rings (SSSR count). The number of hydrogen-bond acceptors (Lipinski definition) is 3. The predicted octanol–water partition coefficient (Wildman–Crippen LogP) is 3.05. The topological polar surface area (TPSA) is 26.8 Å². The van der Waals surface area contributed by atoms with Gasteiger partial charge in [0, 0.05) is 50.0 Å². The number of carbonyl (C=O) groups is 1. The number of benzene rings is 2. The second kappa shape index (κ2) is 7.78. The number of carbonyl (C=O) groups excluding carboxylic acids is 1. The standard InChI is InChI=1S/C21H24ClN3O/c22-19-7-3-1-6-18(19)15-23-11-13-24(14-12-23)16-21(26)25-10-9-17-5-2-4-8-20(17)25/h1-8H,9-16H2. The van der Waals surface area contributed by atoms with Gasteiger partial charge >= 0.3 is 0 Å². The van der Waals surface area contributed by atoms with Crippen LogP contribution in [0.4, 0.5) is 5.69 Å². The van der Waals surface area contributed by atoms with Gasteiger partial charge in [0.1, 0.15) is 0 Å². The van der Waals surface area contributed by atoms with Gasteiger partial charge in [-0.15, -0.1) is 0 Å². The number of piperazine rings is 1. The van der Waals surface area contributed by atoms with E-state index < -0.39 is 0 Å². The van der Waals surface area contributed by atoms with Crippen molar-refractivity contribution >= 4 is 23.2 Å². The Bertz CT molecular complexity index is 786. The lowest BCUT2D eigenvalue weighted by atomic mass is 10.2. The fourth-order valence-corrected chi connectivity index (χ4v) is 4.04. The Labute approximate surface area is 160 Å². The predicted molar refractivity (Wildman–Crippen MR) is 106 cm³/mol. The van der Waals surface area contributed by atoms with Crippen LogP contribution in [0.1, 0.15) is 11.1 Å². The highest BCUT2D eigenvalue weighted by molar-refractivity contribution is 6.31. The average molecular weight is 370 g/mol. The fraction of sp³-hybridized carbons (Fsp3) is 0.381. The van der Waals surface area contributed by atoms with Gasteiger partial charge in [-0.25, -0.2) is 0 Å². The molecule has 0 radical (unpaired) electrons. The molecule has 26 heavy (non-hydrogen) atoms. The number of para-hydroxylation sites is 1. The molecule has 0 saturated carbocycles. The summed E-state index contributed by atoms with van der Waals surface area (Å²) in [6, 6.07) is 16.3. The molecule has 0 bridgehead atoms. The summed E-state index contributed by atoms with van der Waals surface area (Å²) in [5.41, 5.74) is 3.55. The monoisotopic (exact) mass is 369 g/mol. The molecular weight excluding hydrogens is 346 g/mol. The molecule has 2 aromatic carbocycles. The first-order valence-corrected chi connectivity index (χ1v) is 9.65. The molecule has 0 aromatic heterocycles. The Balaban J connectivity index is 1.29. The van der Waals surface area contributed by atoms with Gasteiger partial charge in [0.15, 0.2) is 0 Å². The summed E-state index contributed by atoms with van der Waals surface area (Å²) in [5, 5.41) is 0.831. The van der Waals surface area contributed by atoms with Crippen molar-refractivity contribution in [3.63, 3.8) is 0 Å². The van der Waals surface area contributed by atoms with Gasteiger partial charge in [0.25, 0.3) is 0 Å². The number of anilines is 1. The van der Waals surface area contributed by atoms with Crippen molar-refractivity contribution in [3.8, 4) is 0 Å². The van der Waals surface area contributed by atoms with E-state index in [9.17, 15) is 4.79 Å². The first-order valence-electron chi connectivity index (χ1n) is 9.27. The van der Waals surface area contributed by atoms with E-state index in [1.54, 1.807) is 0 Å². The van der Waals surface area contributed by atoms with Gasteiger partial charge in [0.05, 0.1) is 6.54 Å². The Morgan fingerprint density at radius 3 is 2.38 bits per heavy atom. The minimum atomic E-state index is 0.217. The van der Waals surface area contributed by atoms with E-state index in [1.165, 1.54) is 11.1 Å². The zero-order valence-electron chi connectivity index (χ0n) is 14.9. The van der Waals surface area contributed by atoms with Crippen molar-refractivity contribution in [2.24, 2.45) is 0 Å². The third-order valence-electron chi connectivity index (χ3n) is 5.36. The first kappa shape index (κ1) is 17.5. The average Bonchev–Trinajstić information content (AvgIpc) is 3.09. The third kappa shape index (κ3) is 3.78. The number of amides is 1. The van der Waals surface area contributed by atoms with E-state index >= 15 is 0 Å². The molecular formula is C21H24ClN3O. The molecule has 2 aliphatic rings. The van der Waals surface area contributed by atoms with Gasteiger partial charge in [-0.3, -0.25) is 14.6 Å². The van der Waals surface area contributed by atoms with Gasteiger partial charge in [0.2, 0.25) is 5.91 Å². The molecule has 1 amide bonds. The highest BCUT2D eigenvalue weighted by Gasteiger charge is 2.26. The summed E-state index contributed by atoms with van der Waals surface area (Å²) in [6.07, 6.45) is 0.966. The van der Waals surface area contributed by atoms with Gasteiger partial charge in [-0.05, 0) is 29.7 Å². The lowest BCUT2D eigenvalue weighted by Crippen LogP contribution is -2.49. The molecule has 0 spiro atoms. The lowest BCUT2D eigenvalue weighted by Gasteiger charge is -2.35. The van der Waals surface area contributed by atoms with Crippen LogP contribution in [-0.2, 0) is 17.8 Å². The molecule has 0 unspecified atom stereocenters. The molecule has 4 nitrogen and oxygen atoms in total. The number of fused-ring (bicyclic) bond motifs is 1. The van der Waals surface area contributed by atoms with E-state index in [0.29, 0.717) is 6.54 Å². The van der Waals surface area contributed by atoms with Crippen LogP contribution >= 0.6 is 11.6 Å². The molecule has 1 fully saturated rings. The van der Waals surface area contributed by atoms with Crippen LogP contribution in [0.15, 0.2) is 48.5 Å². The third-order valence-corrected chi connectivity index (χ3v) is 5.73. The summed E-state index contributed by atoms with van der Waals surface area (Å²) < 4.78 is 0. The Morgan fingerprint density at radius 2 is 1.58 bits per heavy atom. The van der Waals surface area contributed by atoms with Crippen molar-refractivity contribution < 1.29 is 4.79 Å². The molecule has 5 heteroatoms. The van der Waals surface area contributed by atoms with Crippen LogP contribution in [0.5, 0.6) is 0 Å². The van der Waals surface area contributed by atoms with Crippen molar-refractivity contribution in [1.82, 2.24) is 9.80 Å². The maximum Gasteiger partial charge on any atom is 0.241 e. The number of hydrogen-bond donors (Lipinski definition) is 0. The molecule has 0 atom stereocenters. The SMILES string of the molecule is O=C(CN1CCN(Cc2ccccc2Cl)CC1)N1CCc2ccccc21. The Kier molecular flexibility index (Phi) is 5.25. The normalized spacial score (nSPS) is 18.1. The lowest BCUT2D eigenvalue weighted by molar-refractivity contribution is -0.120. The van der Waals surface area contributed by atoms with E-state index in [-0.39, 0.29) is 5.91 Å². The van der Waals surface area contributed by atoms with Gasteiger partial charge in [-0.1, -0.05) is 48.0 Å².